The summed E-state index contributed by atoms with van der Waals surface area (Å²) in [7, 11) is 0. The van der Waals surface area contributed by atoms with Gasteiger partial charge in [0.2, 0.25) is 6.23 Å². The maximum Gasteiger partial charge on any atom is 0.216 e. The second-order valence-electron chi connectivity index (χ2n) is 6.15. The largest absolute Gasteiger partial charge is 0.464 e. The van der Waals surface area contributed by atoms with Gasteiger partial charge in [-0.1, -0.05) is 42.5 Å². The van der Waals surface area contributed by atoms with Gasteiger partial charge >= 0.3 is 0 Å². The van der Waals surface area contributed by atoms with Gasteiger partial charge in [-0.25, -0.2) is 9.40 Å². The van der Waals surface area contributed by atoms with Crippen molar-refractivity contribution < 1.29 is 9.13 Å². The maximum atomic E-state index is 14.4. The molecule has 0 radical (unpaired) electrons. The number of hydrogen-bond acceptors (Lipinski definition) is 4. The fourth-order valence-corrected chi connectivity index (χ4v) is 4.23. The number of halogens is 1. The van der Waals surface area contributed by atoms with E-state index in [1.807, 2.05) is 40.7 Å². The molecule has 2 atom stereocenters. The first-order chi connectivity index (χ1) is 12.3. The van der Waals surface area contributed by atoms with E-state index in [4.69, 9.17) is 9.84 Å². The van der Waals surface area contributed by atoms with Crippen LogP contribution in [0.4, 0.5) is 4.39 Å². The Morgan fingerprint density at radius 2 is 1.80 bits per heavy atom. The van der Waals surface area contributed by atoms with Gasteiger partial charge in [-0.3, -0.25) is 0 Å². The zero-order valence-electron chi connectivity index (χ0n) is 13.3. The molecule has 3 nitrogen and oxygen atoms in total. The fourth-order valence-electron chi connectivity index (χ4n) is 3.51. The first-order valence-electron chi connectivity index (χ1n) is 8.21. The molecule has 2 aromatic carbocycles. The van der Waals surface area contributed by atoms with E-state index in [2.05, 4.69) is 12.1 Å². The number of ether oxygens (including phenoxy) is 1. The van der Waals surface area contributed by atoms with Crippen molar-refractivity contribution in [3.63, 3.8) is 0 Å². The standard InChI is InChI=1S/C20H15FN2OS/c21-15-8-3-1-6-13(15)20-23-17(14-7-2-4-9-18(14)24-20)12-16(22-23)19-10-5-11-25-19/h1-11,17,20H,12H2/t17-,20+/m0/s1. The van der Waals surface area contributed by atoms with Crippen molar-refractivity contribution >= 4 is 17.0 Å². The number of fused-ring (bicyclic) bond motifs is 3. The van der Waals surface area contributed by atoms with Crippen LogP contribution in [0.5, 0.6) is 5.75 Å². The Bertz CT molecular complexity index is 954. The summed E-state index contributed by atoms with van der Waals surface area (Å²) in [5.74, 6) is 0.532. The van der Waals surface area contributed by atoms with Gasteiger partial charge in [0, 0.05) is 12.0 Å². The van der Waals surface area contributed by atoms with Crippen molar-refractivity contribution in [1.29, 1.82) is 0 Å². The number of para-hydroxylation sites is 1. The number of thiophene rings is 1. The highest BCUT2D eigenvalue weighted by atomic mass is 32.1. The lowest BCUT2D eigenvalue weighted by molar-refractivity contribution is -0.0212. The minimum Gasteiger partial charge on any atom is -0.464 e. The number of nitrogens with zero attached hydrogens (tertiary/aromatic N) is 2. The zero-order valence-corrected chi connectivity index (χ0v) is 14.1. The number of hydrogen-bond donors (Lipinski definition) is 0. The second kappa shape index (κ2) is 5.70. The van der Waals surface area contributed by atoms with Crippen LogP contribution in [0, 0.1) is 5.82 Å². The molecule has 3 heterocycles. The Labute approximate surface area is 149 Å². The Balaban J connectivity index is 1.63. The molecule has 1 aromatic heterocycles. The third-order valence-corrected chi connectivity index (χ3v) is 5.59. The van der Waals surface area contributed by atoms with Crippen molar-refractivity contribution in [3.8, 4) is 5.75 Å². The molecule has 0 saturated heterocycles. The third kappa shape index (κ3) is 2.35. The van der Waals surface area contributed by atoms with E-state index in [-0.39, 0.29) is 11.9 Å². The van der Waals surface area contributed by atoms with Crippen LogP contribution in [0.2, 0.25) is 0 Å². The molecule has 124 valence electrons. The molecule has 2 aliphatic rings. The molecule has 5 rings (SSSR count). The molecule has 0 bridgehead atoms. The molecule has 0 N–H and O–H groups in total. The lowest BCUT2D eigenvalue weighted by Gasteiger charge is -2.38. The average molecular weight is 350 g/mol. The summed E-state index contributed by atoms with van der Waals surface area (Å²) in [5.41, 5.74) is 2.64. The molecule has 25 heavy (non-hydrogen) atoms. The molecule has 0 fully saturated rings. The Morgan fingerprint density at radius 3 is 2.60 bits per heavy atom. The number of benzene rings is 2. The van der Waals surface area contributed by atoms with E-state index in [1.165, 1.54) is 6.07 Å². The zero-order chi connectivity index (χ0) is 16.8. The smallest absolute Gasteiger partial charge is 0.216 e. The van der Waals surface area contributed by atoms with E-state index in [0.717, 1.165) is 28.3 Å². The van der Waals surface area contributed by atoms with Gasteiger partial charge in [0.25, 0.3) is 0 Å². The first-order valence-corrected chi connectivity index (χ1v) is 9.09. The van der Waals surface area contributed by atoms with E-state index >= 15 is 0 Å². The van der Waals surface area contributed by atoms with Crippen molar-refractivity contribution in [3.05, 3.63) is 87.9 Å². The molecular weight excluding hydrogens is 335 g/mol. The summed E-state index contributed by atoms with van der Waals surface area (Å²) in [6, 6.07) is 18.9. The average Bonchev–Trinajstić information content (AvgIpc) is 3.31. The monoisotopic (exact) mass is 350 g/mol. The van der Waals surface area contributed by atoms with E-state index in [0.29, 0.717) is 5.56 Å². The highest BCUT2D eigenvalue weighted by Crippen LogP contribution is 2.47. The summed E-state index contributed by atoms with van der Waals surface area (Å²) in [4.78, 5) is 1.15. The van der Waals surface area contributed by atoms with Crippen LogP contribution < -0.4 is 4.74 Å². The highest BCUT2D eigenvalue weighted by Gasteiger charge is 2.41. The minimum atomic E-state index is -0.557. The normalized spacial score (nSPS) is 21.3. The molecule has 0 amide bonds. The van der Waals surface area contributed by atoms with E-state index in [1.54, 1.807) is 23.5 Å². The van der Waals surface area contributed by atoms with Gasteiger partial charge < -0.3 is 4.74 Å². The van der Waals surface area contributed by atoms with Crippen LogP contribution in [-0.2, 0) is 0 Å². The predicted octanol–water partition coefficient (Wildman–Crippen LogP) is 5.13. The molecule has 0 aliphatic carbocycles. The van der Waals surface area contributed by atoms with Crippen LogP contribution in [0.1, 0.15) is 34.7 Å². The van der Waals surface area contributed by atoms with Crippen molar-refractivity contribution in [2.24, 2.45) is 5.10 Å². The molecule has 0 unspecified atom stereocenters. The Morgan fingerprint density at radius 1 is 1.00 bits per heavy atom. The van der Waals surface area contributed by atoms with Crippen LogP contribution in [-0.4, -0.2) is 10.7 Å². The van der Waals surface area contributed by atoms with Gasteiger partial charge in [0.15, 0.2) is 0 Å². The van der Waals surface area contributed by atoms with Crippen LogP contribution >= 0.6 is 11.3 Å². The summed E-state index contributed by atoms with van der Waals surface area (Å²) in [5, 5.41) is 8.78. The molecule has 5 heteroatoms. The first kappa shape index (κ1) is 14.7. The summed E-state index contributed by atoms with van der Waals surface area (Å²) < 4.78 is 20.6. The lowest BCUT2D eigenvalue weighted by Crippen LogP contribution is -2.34. The van der Waals surface area contributed by atoms with E-state index < -0.39 is 6.23 Å². The third-order valence-electron chi connectivity index (χ3n) is 4.68. The number of hydrazone groups is 1. The van der Waals surface area contributed by atoms with Crippen molar-refractivity contribution in [1.82, 2.24) is 5.01 Å². The van der Waals surface area contributed by atoms with Gasteiger partial charge in [-0.05, 0) is 23.6 Å². The summed E-state index contributed by atoms with van der Waals surface area (Å²) >= 11 is 1.67. The van der Waals surface area contributed by atoms with Gasteiger partial charge in [0.1, 0.15) is 11.6 Å². The van der Waals surface area contributed by atoms with Crippen LogP contribution in [0.15, 0.2) is 71.1 Å². The second-order valence-corrected chi connectivity index (χ2v) is 7.10. The summed E-state index contributed by atoms with van der Waals surface area (Å²) in [6.45, 7) is 0. The fraction of sp³-hybridized carbons (Fsp3) is 0.150. The molecule has 3 aromatic rings. The molecule has 0 spiro atoms. The van der Waals surface area contributed by atoms with Gasteiger partial charge in [-0.2, -0.15) is 5.10 Å². The number of rotatable bonds is 2. The SMILES string of the molecule is Fc1ccccc1[C@H]1Oc2ccccc2[C@@H]2CC(c3cccs3)=NN12. The van der Waals surface area contributed by atoms with Crippen molar-refractivity contribution in [2.45, 2.75) is 18.7 Å². The highest BCUT2D eigenvalue weighted by molar-refractivity contribution is 7.12. The van der Waals surface area contributed by atoms with E-state index in [9.17, 15) is 4.39 Å². The molecular formula is C20H15FN2OS. The van der Waals surface area contributed by atoms with Crippen LogP contribution in [0.3, 0.4) is 0 Å². The van der Waals surface area contributed by atoms with Crippen LogP contribution in [0.25, 0.3) is 0 Å². The Hall–Kier alpha value is -2.66. The minimum absolute atomic E-state index is 0.0617. The van der Waals surface area contributed by atoms with Gasteiger partial charge in [-0.15, -0.1) is 11.3 Å². The van der Waals surface area contributed by atoms with Crippen molar-refractivity contribution in [2.75, 3.05) is 0 Å². The molecule has 2 aliphatic heterocycles. The predicted molar refractivity (Wildman–Crippen MR) is 96.3 cm³/mol. The maximum absolute atomic E-state index is 14.4. The summed E-state index contributed by atoms with van der Waals surface area (Å²) in [6.07, 6.45) is 0.241. The quantitative estimate of drug-likeness (QED) is 0.640. The van der Waals surface area contributed by atoms with Gasteiger partial charge in [0.05, 0.1) is 22.2 Å². The lowest BCUT2D eigenvalue weighted by atomic mass is 9.97. The Kier molecular flexibility index (Phi) is 3.35. The molecule has 0 saturated carbocycles. The topological polar surface area (TPSA) is 24.8 Å².